The third-order valence-corrected chi connectivity index (χ3v) is 5.53. The molecule has 0 bridgehead atoms. The average Bonchev–Trinajstić information content (AvgIpc) is 3.30. The second kappa shape index (κ2) is 11.6. The molecular weight excluding hydrogens is 378 g/mol. The van der Waals surface area contributed by atoms with Crippen LogP contribution in [0.2, 0.25) is 0 Å². The predicted molar refractivity (Wildman–Crippen MR) is 120 cm³/mol. The van der Waals surface area contributed by atoms with E-state index in [1.54, 1.807) is 7.11 Å². The van der Waals surface area contributed by atoms with E-state index in [0.717, 1.165) is 49.7 Å². The number of guanidine groups is 1. The van der Waals surface area contributed by atoms with Gasteiger partial charge in [0.1, 0.15) is 5.75 Å². The Morgan fingerprint density at radius 2 is 2.23 bits per heavy atom. The summed E-state index contributed by atoms with van der Waals surface area (Å²) >= 11 is 0. The van der Waals surface area contributed by atoms with Gasteiger partial charge in [0.25, 0.3) is 0 Å². The molecule has 0 spiro atoms. The molecule has 3 rings (SSSR count). The minimum atomic E-state index is 0.411. The van der Waals surface area contributed by atoms with Crippen molar-refractivity contribution in [3.63, 3.8) is 0 Å². The molecule has 1 saturated heterocycles. The third-order valence-electron chi connectivity index (χ3n) is 5.53. The molecule has 2 heterocycles. The quantitative estimate of drug-likeness (QED) is 0.388. The topological polar surface area (TPSA) is 63.9 Å². The fourth-order valence-electron chi connectivity index (χ4n) is 3.81. The number of imidazole rings is 1. The Bertz CT molecular complexity index is 778. The van der Waals surface area contributed by atoms with Gasteiger partial charge in [-0.05, 0) is 37.0 Å². The maximum Gasteiger partial charge on any atom is 0.194 e. The van der Waals surface area contributed by atoms with Crippen molar-refractivity contribution in [3.05, 3.63) is 48.5 Å². The van der Waals surface area contributed by atoms with Crippen LogP contribution < -0.4 is 10.1 Å². The first-order valence-electron chi connectivity index (χ1n) is 10.9. The molecule has 2 aromatic rings. The van der Waals surface area contributed by atoms with E-state index in [1.807, 2.05) is 24.7 Å². The lowest BCUT2D eigenvalue weighted by Gasteiger charge is -2.39. The summed E-state index contributed by atoms with van der Waals surface area (Å²) in [6.45, 7) is 9.24. The molecule has 0 radical (unpaired) electrons. The molecule has 30 heavy (non-hydrogen) atoms. The van der Waals surface area contributed by atoms with Crippen LogP contribution in [0.5, 0.6) is 5.75 Å². The molecule has 2 atom stereocenters. The second-order valence-electron chi connectivity index (χ2n) is 7.80. The molecule has 1 aliphatic rings. The molecule has 7 nitrogen and oxygen atoms in total. The highest BCUT2D eigenvalue weighted by Gasteiger charge is 2.28. The number of ether oxygens (including phenoxy) is 2. The summed E-state index contributed by atoms with van der Waals surface area (Å²) in [5, 5.41) is 3.47. The van der Waals surface area contributed by atoms with Gasteiger partial charge < -0.3 is 24.3 Å². The summed E-state index contributed by atoms with van der Waals surface area (Å²) < 4.78 is 13.1. The van der Waals surface area contributed by atoms with Crippen LogP contribution >= 0.6 is 0 Å². The number of nitrogens with zero attached hydrogens (tertiary/aromatic N) is 4. The Hall–Kier alpha value is -2.54. The summed E-state index contributed by atoms with van der Waals surface area (Å²) in [5.41, 5.74) is 1.14. The van der Waals surface area contributed by atoms with Crippen LogP contribution in [0, 0.1) is 5.92 Å². The Morgan fingerprint density at radius 1 is 1.33 bits per heavy atom. The fourth-order valence-corrected chi connectivity index (χ4v) is 3.81. The molecule has 1 aliphatic heterocycles. The minimum Gasteiger partial charge on any atom is -0.493 e. The Balaban J connectivity index is 1.64. The number of methoxy groups -OCH3 is 1. The molecule has 2 unspecified atom stereocenters. The monoisotopic (exact) mass is 413 g/mol. The fraction of sp³-hybridized carbons (Fsp3) is 0.565. The minimum absolute atomic E-state index is 0.411. The highest BCUT2D eigenvalue weighted by molar-refractivity contribution is 5.80. The third kappa shape index (κ3) is 6.23. The van der Waals surface area contributed by atoms with Gasteiger partial charge in [-0.25, -0.2) is 9.98 Å². The molecule has 7 heteroatoms. The van der Waals surface area contributed by atoms with Gasteiger partial charge >= 0.3 is 0 Å². The molecule has 1 aromatic carbocycles. The smallest absolute Gasteiger partial charge is 0.194 e. The van der Waals surface area contributed by atoms with Gasteiger partial charge in [-0.15, -0.1) is 0 Å². The largest absolute Gasteiger partial charge is 0.493 e. The van der Waals surface area contributed by atoms with Crippen LogP contribution in [0.25, 0.3) is 0 Å². The van der Waals surface area contributed by atoms with E-state index >= 15 is 0 Å². The van der Waals surface area contributed by atoms with Crippen LogP contribution in [0.1, 0.15) is 38.3 Å². The SMILES string of the molecule is CCNC(=NCc1cccc(OCCCOC)c1)N1CCC(C)C(n2ccnc2)C1. The zero-order chi connectivity index (χ0) is 21.2. The van der Waals surface area contributed by atoms with Crippen LogP contribution in [0.3, 0.4) is 0 Å². The van der Waals surface area contributed by atoms with E-state index in [0.29, 0.717) is 31.7 Å². The van der Waals surface area contributed by atoms with Crippen LogP contribution in [-0.4, -0.2) is 60.4 Å². The number of rotatable bonds is 9. The number of nitrogens with one attached hydrogen (secondary N) is 1. The number of benzene rings is 1. The summed E-state index contributed by atoms with van der Waals surface area (Å²) in [5.74, 6) is 2.47. The summed E-state index contributed by atoms with van der Waals surface area (Å²) in [6.07, 6.45) is 7.86. The average molecular weight is 414 g/mol. The molecule has 1 fully saturated rings. The van der Waals surface area contributed by atoms with E-state index in [-0.39, 0.29) is 0 Å². The molecule has 0 amide bonds. The number of aliphatic imine (C=N–C) groups is 1. The first-order valence-corrected chi connectivity index (χ1v) is 10.9. The number of piperidine rings is 1. The zero-order valence-corrected chi connectivity index (χ0v) is 18.5. The number of likely N-dealkylation sites (tertiary alicyclic amines) is 1. The van der Waals surface area contributed by atoms with Crippen molar-refractivity contribution in [2.45, 2.75) is 39.3 Å². The van der Waals surface area contributed by atoms with Crippen molar-refractivity contribution in [1.82, 2.24) is 19.8 Å². The zero-order valence-electron chi connectivity index (χ0n) is 18.5. The first-order chi connectivity index (χ1) is 14.7. The summed E-state index contributed by atoms with van der Waals surface area (Å²) in [4.78, 5) is 11.5. The number of hydrogen-bond acceptors (Lipinski definition) is 4. The normalized spacial score (nSPS) is 19.7. The Morgan fingerprint density at radius 3 is 3.00 bits per heavy atom. The summed E-state index contributed by atoms with van der Waals surface area (Å²) in [7, 11) is 1.71. The molecule has 0 saturated carbocycles. The van der Waals surface area contributed by atoms with Crippen molar-refractivity contribution >= 4 is 5.96 Å². The maximum atomic E-state index is 5.82. The van der Waals surface area contributed by atoms with Crippen molar-refractivity contribution < 1.29 is 9.47 Å². The lowest BCUT2D eigenvalue weighted by molar-refractivity contribution is 0.172. The van der Waals surface area contributed by atoms with E-state index in [1.165, 1.54) is 0 Å². The van der Waals surface area contributed by atoms with Crippen molar-refractivity contribution in [2.24, 2.45) is 10.9 Å². The van der Waals surface area contributed by atoms with Crippen molar-refractivity contribution in [3.8, 4) is 5.75 Å². The Kier molecular flexibility index (Phi) is 8.56. The van der Waals surface area contributed by atoms with Gasteiger partial charge in [-0.3, -0.25) is 0 Å². The molecule has 1 N–H and O–H groups in total. The van der Waals surface area contributed by atoms with E-state index in [9.17, 15) is 0 Å². The maximum absolute atomic E-state index is 5.82. The second-order valence-corrected chi connectivity index (χ2v) is 7.80. The van der Waals surface area contributed by atoms with Crippen molar-refractivity contribution in [2.75, 3.05) is 40.0 Å². The number of aromatic nitrogens is 2. The van der Waals surface area contributed by atoms with Crippen LogP contribution in [-0.2, 0) is 11.3 Å². The Labute approximate surface area is 180 Å². The van der Waals surface area contributed by atoms with Crippen LogP contribution in [0.4, 0.5) is 0 Å². The molecule has 1 aromatic heterocycles. The molecule has 0 aliphatic carbocycles. The molecule has 164 valence electrons. The highest BCUT2D eigenvalue weighted by Crippen LogP contribution is 2.27. The van der Waals surface area contributed by atoms with Gasteiger partial charge in [0, 0.05) is 52.2 Å². The van der Waals surface area contributed by atoms with Gasteiger partial charge in [-0.2, -0.15) is 0 Å². The lowest BCUT2D eigenvalue weighted by atomic mass is 9.93. The van der Waals surface area contributed by atoms with E-state index in [4.69, 9.17) is 14.5 Å². The van der Waals surface area contributed by atoms with Gasteiger partial charge in [0.15, 0.2) is 5.96 Å². The van der Waals surface area contributed by atoms with Gasteiger partial charge in [-0.1, -0.05) is 19.1 Å². The first kappa shape index (κ1) is 22.2. The van der Waals surface area contributed by atoms with Gasteiger partial charge in [0.2, 0.25) is 0 Å². The van der Waals surface area contributed by atoms with Crippen molar-refractivity contribution in [1.29, 1.82) is 0 Å². The number of hydrogen-bond donors (Lipinski definition) is 1. The lowest BCUT2D eigenvalue weighted by Crippen LogP contribution is -2.49. The summed E-state index contributed by atoms with van der Waals surface area (Å²) in [6, 6.07) is 8.61. The van der Waals surface area contributed by atoms with Crippen LogP contribution in [0.15, 0.2) is 48.0 Å². The highest BCUT2D eigenvalue weighted by atomic mass is 16.5. The van der Waals surface area contributed by atoms with E-state index < -0.39 is 0 Å². The molecular formula is C23H35N5O2. The predicted octanol–water partition coefficient (Wildman–Crippen LogP) is 3.35. The standard InChI is InChI=1S/C23H35N5O2/c1-4-25-23(27-11-9-19(2)22(17-27)28-12-10-24-18-28)26-16-20-7-5-8-21(15-20)30-14-6-13-29-3/h5,7-8,10,12,15,18-19,22H,4,6,9,11,13-14,16-17H2,1-3H3,(H,25,26). The van der Waals surface area contributed by atoms with Gasteiger partial charge in [0.05, 0.1) is 25.5 Å². The van der Waals surface area contributed by atoms with E-state index in [2.05, 4.69) is 51.9 Å².